The first-order valence-electron chi connectivity index (χ1n) is 6.85. The fraction of sp³-hybridized carbons (Fsp3) is 0.600. The summed E-state index contributed by atoms with van der Waals surface area (Å²) in [6.07, 6.45) is 5.05. The molecule has 1 aromatic rings. The van der Waals surface area contributed by atoms with E-state index in [1.807, 2.05) is 6.07 Å². The van der Waals surface area contributed by atoms with Crippen LogP contribution in [0.2, 0.25) is 0 Å². The molecule has 2 N–H and O–H groups in total. The molecule has 2 atom stereocenters. The minimum absolute atomic E-state index is 0.190. The van der Waals surface area contributed by atoms with E-state index >= 15 is 0 Å². The van der Waals surface area contributed by atoms with Crippen LogP contribution in [0.15, 0.2) is 18.2 Å². The van der Waals surface area contributed by atoms with Gasteiger partial charge in [0, 0.05) is 30.9 Å². The van der Waals surface area contributed by atoms with E-state index in [0.717, 1.165) is 5.69 Å². The van der Waals surface area contributed by atoms with Gasteiger partial charge in [-0.15, -0.1) is 0 Å². The van der Waals surface area contributed by atoms with Gasteiger partial charge in [-0.25, -0.2) is 4.39 Å². The van der Waals surface area contributed by atoms with E-state index in [1.165, 1.54) is 31.7 Å². The second-order valence-electron chi connectivity index (χ2n) is 5.38. The second-order valence-corrected chi connectivity index (χ2v) is 5.38. The van der Waals surface area contributed by atoms with Crippen LogP contribution in [0.4, 0.5) is 10.1 Å². The van der Waals surface area contributed by atoms with Crippen molar-refractivity contribution in [3.63, 3.8) is 0 Å². The summed E-state index contributed by atoms with van der Waals surface area (Å²) in [5.74, 6) is 0.475. The summed E-state index contributed by atoms with van der Waals surface area (Å²) in [6.45, 7) is 2.55. The van der Waals surface area contributed by atoms with Gasteiger partial charge in [0.25, 0.3) is 0 Å². The third-order valence-corrected chi connectivity index (χ3v) is 4.24. The molecule has 1 fully saturated rings. The Balaban J connectivity index is 2.27. The van der Waals surface area contributed by atoms with Gasteiger partial charge in [-0.3, -0.25) is 0 Å². The van der Waals surface area contributed by atoms with Gasteiger partial charge < -0.3 is 10.6 Å². The van der Waals surface area contributed by atoms with Crippen molar-refractivity contribution in [3.8, 4) is 0 Å². The quantitative estimate of drug-likeness (QED) is 0.892. The number of anilines is 1. The molecule has 1 aromatic carbocycles. The Morgan fingerprint density at radius 3 is 2.72 bits per heavy atom. The predicted molar refractivity (Wildman–Crippen MR) is 74.1 cm³/mol. The lowest BCUT2D eigenvalue weighted by Gasteiger charge is -2.38. The Morgan fingerprint density at radius 1 is 1.33 bits per heavy atom. The summed E-state index contributed by atoms with van der Waals surface area (Å²) in [4.78, 5) is 2.23. The van der Waals surface area contributed by atoms with Gasteiger partial charge in [-0.1, -0.05) is 25.8 Å². The molecule has 0 radical (unpaired) electrons. The molecule has 0 aromatic heterocycles. The lowest BCUT2D eigenvalue weighted by molar-refractivity contribution is 0.321. The SMILES string of the molecule is CC1CCCCC1N(C)c1cccc(F)c1CN. The Kier molecular flexibility index (Phi) is 4.23. The molecule has 0 heterocycles. The Morgan fingerprint density at radius 2 is 2.06 bits per heavy atom. The maximum Gasteiger partial charge on any atom is 0.129 e. The maximum atomic E-state index is 13.8. The van der Waals surface area contributed by atoms with Gasteiger partial charge in [0.15, 0.2) is 0 Å². The lowest BCUT2D eigenvalue weighted by atomic mass is 9.84. The number of nitrogens with zero attached hydrogens (tertiary/aromatic N) is 1. The average molecular weight is 250 g/mol. The number of hydrogen-bond donors (Lipinski definition) is 1. The molecule has 2 rings (SSSR count). The van der Waals surface area contributed by atoms with Gasteiger partial charge in [0.05, 0.1) is 0 Å². The van der Waals surface area contributed by atoms with Crippen LogP contribution >= 0.6 is 0 Å². The number of benzene rings is 1. The largest absolute Gasteiger partial charge is 0.371 e. The highest BCUT2D eigenvalue weighted by molar-refractivity contribution is 5.54. The molecule has 1 aliphatic carbocycles. The molecule has 2 nitrogen and oxygen atoms in total. The minimum Gasteiger partial charge on any atom is -0.371 e. The van der Waals surface area contributed by atoms with Crippen LogP contribution in [0.25, 0.3) is 0 Å². The summed E-state index contributed by atoms with van der Waals surface area (Å²) in [5, 5.41) is 0. The molecule has 1 saturated carbocycles. The summed E-state index contributed by atoms with van der Waals surface area (Å²) >= 11 is 0. The van der Waals surface area contributed by atoms with E-state index in [-0.39, 0.29) is 12.4 Å². The zero-order valence-electron chi connectivity index (χ0n) is 11.3. The van der Waals surface area contributed by atoms with Crippen molar-refractivity contribution in [3.05, 3.63) is 29.6 Å². The average Bonchev–Trinajstić information content (AvgIpc) is 2.38. The van der Waals surface area contributed by atoms with Crippen molar-refractivity contribution in [1.82, 2.24) is 0 Å². The highest BCUT2D eigenvalue weighted by Crippen LogP contribution is 2.32. The zero-order chi connectivity index (χ0) is 13.1. The topological polar surface area (TPSA) is 29.3 Å². The van der Waals surface area contributed by atoms with Crippen molar-refractivity contribution < 1.29 is 4.39 Å². The standard InChI is InChI=1S/C15H23FN2/c1-11-6-3-4-8-14(11)18(2)15-9-5-7-13(16)12(15)10-17/h5,7,9,11,14H,3-4,6,8,10,17H2,1-2H3. The zero-order valence-corrected chi connectivity index (χ0v) is 11.3. The lowest BCUT2D eigenvalue weighted by Crippen LogP contribution is -2.39. The summed E-state index contributed by atoms with van der Waals surface area (Å²) in [7, 11) is 2.07. The van der Waals surface area contributed by atoms with Crippen LogP contribution in [0.3, 0.4) is 0 Å². The molecule has 0 saturated heterocycles. The van der Waals surface area contributed by atoms with E-state index in [1.54, 1.807) is 6.07 Å². The van der Waals surface area contributed by atoms with Crippen molar-refractivity contribution in [1.29, 1.82) is 0 Å². The number of rotatable bonds is 3. The van der Waals surface area contributed by atoms with Crippen LogP contribution in [0, 0.1) is 11.7 Å². The maximum absolute atomic E-state index is 13.8. The molecule has 1 aliphatic rings. The molecule has 3 heteroatoms. The molecule has 0 bridgehead atoms. The summed E-state index contributed by atoms with van der Waals surface area (Å²) in [6, 6.07) is 5.75. The van der Waals surface area contributed by atoms with E-state index in [9.17, 15) is 4.39 Å². The van der Waals surface area contributed by atoms with Gasteiger partial charge >= 0.3 is 0 Å². The first-order chi connectivity index (χ1) is 8.65. The molecule has 18 heavy (non-hydrogen) atoms. The molecule has 100 valence electrons. The summed E-state index contributed by atoms with van der Waals surface area (Å²) < 4.78 is 13.8. The Bertz CT molecular complexity index is 405. The van der Waals surface area contributed by atoms with E-state index in [2.05, 4.69) is 18.9 Å². The van der Waals surface area contributed by atoms with Crippen molar-refractivity contribution in [2.75, 3.05) is 11.9 Å². The van der Waals surface area contributed by atoms with E-state index in [4.69, 9.17) is 5.73 Å². The van der Waals surface area contributed by atoms with Crippen LogP contribution < -0.4 is 10.6 Å². The van der Waals surface area contributed by atoms with Gasteiger partial charge in [-0.05, 0) is 30.9 Å². The first kappa shape index (κ1) is 13.3. The Labute approximate surface area is 109 Å². The molecular weight excluding hydrogens is 227 g/mol. The van der Waals surface area contributed by atoms with Crippen molar-refractivity contribution >= 4 is 5.69 Å². The summed E-state index contributed by atoms with van der Waals surface area (Å²) in [5.41, 5.74) is 7.28. The van der Waals surface area contributed by atoms with Gasteiger partial charge in [0.1, 0.15) is 5.82 Å². The Hall–Kier alpha value is -1.09. The molecule has 0 spiro atoms. The smallest absolute Gasteiger partial charge is 0.129 e. The van der Waals surface area contributed by atoms with E-state index < -0.39 is 0 Å². The monoisotopic (exact) mass is 250 g/mol. The van der Waals surface area contributed by atoms with Crippen LogP contribution in [0.1, 0.15) is 38.2 Å². The van der Waals surface area contributed by atoms with Crippen LogP contribution in [-0.2, 0) is 6.54 Å². The molecule has 0 aliphatic heterocycles. The predicted octanol–water partition coefficient (Wildman–Crippen LogP) is 3.30. The third-order valence-electron chi connectivity index (χ3n) is 4.24. The van der Waals surface area contributed by atoms with Crippen LogP contribution in [0.5, 0.6) is 0 Å². The van der Waals surface area contributed by atoms with Crippen LogP contribution in [-0.4, -0.2) is 13.1 Å². The van der Waals surface area contributed by atoms with E-state index in [0.29, 0.717) is 17.5 Å². The number of hydrogen-bond acceptors (Lipinski definition) is 2. The fourth-order valence-corrected chi connectivity index (χ4v) is 3.13. The number of halogens is 1. The highest BCUT2D eigenvalue weighted by Gasteiger charge is 2.26. The van der Waals surface area contributed by atoms with Crippen molar-refractivity contribution in [2.45, 2.75) is 45.2 Å². The fourth-order valence-electron chi connectivity index (χ4n) is 3.13. The normalized spacial score (nSPS) is 24.0. The second kappa shape index (κ2) is 5.70. The van der Waals surface area contributed by atoms with Crippen molar-refractivity contribution in [2.24, 2.45) is 11.7 Å². The van der Waals surface area contributed by atoms with Gasteiger partial charge in [0.2, 0.25) is 0 Å². The molecular formula is C15H23FN2. The molecule has 0 amide bonds. The number of nitrogens with two attached hydrogens (primary N) is 1. The first-order valence-corrected chi connectivity index (χ1v) is 6.85. The highest BCUT2D eigenvalue weighted by atomic mass is 19.1. The minimum atomic E-state index is -0.190. The van der Waals surface area contributed by atoms with Gasteiger partial charge in [-0.2, -0.15) is 0 Å². The molecule has 2 unspecified atom stereocenters. The third kappa shape index (κ3) is 2.51.